The van der Waals surface area contributed by atoms with Gasteiger partial charge >= 0.3 is 0 Å². The van der Waals surface area contributed by atoms with E-state index < -0.39 is 6.04 Å². The summed E-state index contributed by atoms with van der Waals surface area (Å²) in [6.45, 7) is 2.74. The normalized spacial score (nSPS) is 24.4. The van der Waals surface area contributed by atoms with Crippen molar-refractivity contribution in [2.45, 2.75) is 12.5 Å². The number of imide groups is 1. The first-order valence-corrected chi connectivity index (χ1v) is 6.76. The molecule has 2 heterocycles. The van der Waals surface area contributed by atoms with E-state index in [9.17, 15) is 9.59 Å². The molecule has 6 nitrogen and oxygen atoms in total. The van der Waals surface area contributed by atoms with E-state index >= 15 is 0 Å². The summed E-state index contributed by atoms with van der Waals surface area (Å²) in [5, 5.41) is 1.95. The van der Waals surface area contributed by atoms with E-state index in [1.807, 2.05) is 23.2 Å². The molecule has 1 N–H and O–H groups in total. The third-order valence-electron chi connectivity index (χ3n) is 3.51. The molecule has 2 saturated heterocycles. The third kappa shape index (κ3) is 2.58. The van der Waals surface area contributed by atoms with Crippen molar-refractivity contribution in [2.24, 2.45) is 0 Å². The van der Waals surface area contributed by atoms with Gasteiger partial charge in [-0.15, -0.1) is 0 Å². The molecule has 1 aromatic carbocycles. The first kappa shape index (κ1) is 13.2. The van der Waals surface area contributed by atoms with Crippen LogP contribution in [0.3, 0.4) is 0 Å². The lowest BCUT2D eigenvalue weighted by Gasteiger charge is -2.29. The summed E-state index contributed by atoms with van der Waals surface area (Å²) in [4.78, 5) is 25.7. The van der Waals surface area contributed by atoms with Crippen molar-refractivity contribution < 1.29 is 14.3 Å². The zero-order valence-corrected chi connectivity index (χ0v) is 11.1. The summed E-state index contributed by atoms with van der Waals surface area (Å²) in [5.41, 5.74) is 3.77. The fourth-order valence-electron chi connectivity index (χ4n) is 2.49. The smallest absolute Gasteiger partial charge is 0.252 e. The van der Waals surface area contributed by atoms with Gasteiger partial charge in [0, 0.05) is 13.1 Å². The summed E-state index contributed by atoms with van der Waals surface area (Å²) in [6, 6.07) is 8.57. The van der Waals surface area contributed by atoms with Gasteiger partial charge in [0.15, 0.2) is 0 Å². The van der Waals surface area contributed by atoms with Gasteiger partial charge in [-0.05, 0) is 12.1 Å². The van der Waals surface area contributed by atoms with Crippen LogP contribution in [0.15, 0.2) is 30.3 Å². The second kappa shape index (κ2) is 5.70. The van der Waals surface area contributed by atoms with Crippen LogP contribution >= 0.6 is 0 Å². The lowest BCUT2D eigenvalue weighted by Crippen LogP contribution is -2.52. The monoisotopic (exact) mass is 275 g/mol. The Hall–Kier alpha value is -1.76. The lowest BCUT2D eigenvalue weighted by atomic mass is 10.2. The van der Waals surface area contributed by atoms with Gasteiger partial charge in [0.2, 0.25) is 5.91 Å². The number of carbonyl (C=O) groups is 2. The number of morpholine rings is 1. The van der Waals surface area contributed by atoms with Gasteiger partial charge in [0.05, 0.1) is 25.3 Å². The Balaban J connectivity index is 1.70. The number of anilines is 1. The van der Waals surface area contributed by atoms with Crippen molar-refractivity contribution in [2.75, 3.05) is 31.2 Å². The van der Waals surface area contributed by atoms with E-state index in [-0.39, 0.29) is 18.2 Å². The molecule has 0 radical (unpaired) electrons. The fraction of sp³-hybridized carbons (Fsp3) is 0.429. The van der Waals surface area contributed by atoms with E-state index in [0.717, 1.165) is 13.1 Å². The predicted molar refractivity (Wildman–Crippen MR) is 72.9 cm³/mol. The van der Waals surface area contributed by atoms with E-state index in [4.69, 9.17) is 4.74 Å². The molecule has 0 unspecified atom stereocenters. The van der Waals surface area contributed by atoms with E-state index in [1.165, 1.54) is 4.90 Å². The number of hydrazine groups is 1. The van der Waals surface area contributed by atoms with Crippen LogP contribution in [-0.4, -0.2) is 49.2 Å². The van der Waals surface area contributed by atoms with Crippen molar-refractivity contribution in [3.63, 3.8) is 0 Å². The van der Waals surface area contributed by atoms with Gasteiger partial charge in [-0.25, -0.2) is 15.3 Å². The van der Waals surface area contributed by atoms with Crippen molar-refractivity contribution in [3.8, 4) is 0 Å². The highest BCUT2D eigenvalue weighted by atomic mass is 16.5. The standard InChI is InChI=1S/C14H17N3O3/c18-13-10-12(15-16-6-8-20-9-7-16)14(19)17(13)11-4-2-1-3-5-11/h1-5,12,15H,6-10H2/t12-/m1/s1. The maximum atomic E-state index is 12.4. The zero-order valence-electron chi connectivity index (χ0n) is 11.1. The van der Waals surface area contributed by atoms with Crippen LogP contribution in [0.5, 0.6) is 0 Å². The van der Waals surface area contributed by atoms with Gasteiger partial charge in [-0.2, -0.15) is 0 Å². The minimum Gasteiger partial charge on any atom is -0.379 e. The number of nitrogens with zero attached hydrogens (tertiary/aromatic N) is 2. The molecule has 3 rings (SSSR count). The average Bonchev–Trinajstić information content (AvgIpc) is 2.75. The predicted octanol–water partition coefficient (Wildman–Crippen LogP) is 0.155. The van der Waals surface area contributed by atoms with Gasteiger partial charge in [0.1, 0.15) is 6.04 Å². The Kier molecular flexibility index (Phi) is 3.77. The lowest BCUT2D eigenvalue weighted by molar-refractivity contribution is -0.122. The van der Waals surface area contributed by atoms with Gasteiger partial charge < -0.3 is 4.74 Å². The highest BCUT2D eigenvalue weighted by Gasteiger charge is 2.40. The highest BCUT2D eigenvalue weighted by molar-refractivity contribution is 6.22. The van der Waals surface area contributed by atoms with Crippen LogP contribution < -0.4 is 10.3 Å². The van der Waals surface area contributed by atoms with Gasteiger partial charge in [-0.1, -0.05) is 18.2 Å². The Morgan fingerprint density at radius 1 is 1.10 bits per heavy atom. The first-order valence-electron chi connectivity index (χ1n) is 6.76. The number of ether oxygens (including phenoxy) is 1. The molecule has 6 heteroatoms. The molecule has 0 aliphatic carbocycles. The second-order valence-corrected chi connectivity index (χ2v) is 4.89. The molecule has 0 aromatic heterocycles. The van der Waals surface area contributed by atoms with Crippen LogP contribution in [0, 0.1) is 0 Å². The maximum Gasteiger partial charge on any atom is 0.252 e. The zero-order chi connectivity index (χ0) is 13.9. The molecule has 0 spiro atoms. The van der Waals surface area contributed by atoms with Crippen molar-refractivity contribution in [1.29, 1.82) is 0 Å². The highest BCUT2D eigenvalue weighted by Crippen LogP contribution is 2.22. The number of rotatable bonds is 3. The van der Waals surface area contributed by atoms with Crippen molar-refractivity contribution in [3.05, 3.63) is 30.3 Å². The largest absolute Gasteiger partial charge is 0.379 e. The molecule has 0 saturated carbocycles. The van der Waals surface area contributed by atoms with Crippen LogP contribution in [0.1, 0.15) is 6.42 Å². The molecule has 0 bridgehead atoms. The molecule has 20 heavy (non-hydrogen) atoms. The minimum atomic E-state index is -0.471. The maximum absolute atomic E-state index is 12.4. The number of para-hydroxylation sites is 1. The minimum absolute atomic E-state index is 0.160. The molecular weight excluding hydrogens is 258 g/mol. The second-order valence-electron chi connectivity index (χ2n) is 4.89. The Labute approximate surface area is 117 Å². The van der Waals surface area contributed by atoms with Crippen LogP contribution in [0.25, 0.3) is 0 Å². The van der Waals surface area contributed by atoms with Crippen molar-refractivity contribution >= 4 is 17.5 Å². The Morgan fingerprint density at radius 2 is 1.80 bits per heavy atom. The van der Waals surface area contributed by atoms with Crippen LogP contribution in [0.2, 0.25) is 0 Å². The molecular formula is C14H17N3O3. The molecule has 106 valence electrons. The van der Waals surface area contributed by atoms with Gasteiger partial charge in [-0.3, -0.25) is 9.59 Å². The number of carbonyl (C=O) groups excluding carboxylic acids is 2. The SMILES string of the molecule is O=C1C[C@@H](NN2CCOCC2)C(=O)N1c1ccccc1. The number of hydrogen-bond donors (Lipinski definition) is 1. The number of nitrogens with one attached hydrogen (secondary N) is 1. The van der Waals surface area contributed by atoms with Crippen LogP contribution in [0.4, 0.5) is 5.69 Å². The molecule has 2 amide bonds. The molecule has 2 fully saturated rings. The molecule has 1 atom stereocenters. The molecule has 1 aromatic rings. The van der Waals surface area contributed by atoms with E-state index in [2.05, 4.69) is 5.43 Å². The summed E-state index contributed by atoms with van der Waals surface area (Å²) < 4.78 is 5.26. The molecule has 2 aliphatic rings. The van der Waals surface area contributed by atoms with Gasteiger partial charge in [0.25, 0.3) is 5.91 Å². The number of amides is 2. The molecule has 2 aliphatic heterocycles. The third-order valence-corrected chi connectivity index (χ3v) is 3.51. The average molecular weight is 275 g/mol. The number of benzene rings is 1. The van der Waals surface area contributed by atoms with Crippen LogP contribution in [-0.2, 0) is 14.3 Å². The van der Waals surface area contributed by atoms with Crippen molar-refractivity contribution in [1.82, 2.24) is 10.4 Å². The number of hydrogen-bond acceptors (Lipinski definition) is 5. The first-order chi connectivity index (χ1) is 9.75. The topological polar surface area (TPSA) is 61.9 Å². The summed E-state index contributed by atoms with van der Waals surface area (Å²) in [7, 11) is 0. The van der Waals surface area contributed by atoms with E-state index in [1.54, 1.807) is 12.1 Å². The quantitative estimate of drug-likeness (QED) is 0.796. The van der Waals surface area contributed by atoms with E-state index in [0.29, 0.717) is 18.9 Å². The summed E-state index contributed by atoms with van der Waals surface area (Å²) in [5.74, 6) is -0.348. The summed E-state index contributed by atoms with van der Waals surface area (Å²) >= 11 is 0. The Bertz CT molecular complexity index is 500. The fourth-order valence-corrected chi connectivity index (χ4v) is 2.49. The Morgan fingerprint density at radius 3 is 2.50 bits per heavy atom. The summed E-state index contributed by atoms with van der Waals surface area (Å²) in [6.07, 6.45) is 0.199.